The van der Waals surface area contributed by atoms with Crippen LogP contribution in [0.2, 0.25) is 0 Å². The number of ether oxygens (including phenoxy) is 1. The van der Waals surface area contributed by atoms with E-state index in [1.165, 1.54) is 12.1 Å². The highest BCUT2D eigenvalue weighted by Crippen LogP contribution is 2.15. The van der Waals surface area contributed by atoms with E-state index in [2.05, 4.69) is 0 Å². The van der Waals surface area contributed by atoms with Gasteiger partial charge in [0.25, 0.3) is 0 Å². The lowest BCUT2D eigenvalue weighted by molar-refractivity contribution is 0.289. The second kappa shape index (κ2) is 5.46. The van der Waals surface area contributed by atoms with Crippen LogP contribution in [0, 0.1) is 5.82 Å². The molecule has 1 unspecified atom stereocenters. The molecule has 88 valence electrons. The van der Waals surface area contributed by atoms with E-state index in [0.717, 1.165) is 5.56 Å². The Morgan fingerprint density at radius 3 is 2.53 bits per heavy atom. The molecule has 2 rings (SSSR count). The first-order chi connectivity index (χ1) is 8.25. The van der Waals surface area contributed by atoms with E-state index < -0.39 is 0 Å². The molecular weight excluding hydrogens is 217 g/mol. The average Bonchev–Trinajstić information content (AvgIpc) is 2.37. The molecule has 2 aromatic carbocycles. The number of nitrogens with two attached hydrogens (primary N) is 1. The van der Waals surface area contributed by atoms with Gasteiger partial charge < -0.3 is 10.5 Å². The zero-order chi connectivity index (χ0) is 12.1. The van der Waals surface area contributed by atoms with Crippen molar-refractivity contribution in [3.63, 3.8) is 0 Å². The lowest BCUT2D eigenvalue weighted by atomic mass is 10.1. The van der Waals surface area contributed by atoms with E-state index in [-0.39, 0.29) is 11.9 Å². The minimum Gasteiger partial charge on any atom is -0.492 e. The smallest absolute Gasteiger partial charge is 0.126 e. The van der Waals surface area contributed by atoms with Crippen molar-refractivity contribution in [2.45, 2.75) is 6.04 Å². The Hall–Kier alpha value is -1.87. The number of hydrogen-bond donors (Lipinski definition) is 1. The molecule has 2 nitrogen and oxygen atoms in total. The van der Waals surface area contributed by atoms with Crippen LogP contribution in [0.25, 0.3) is 0 Å². The molecular formula is C14H14FNO. The van der Waals surface area contributed by atoms with Crippen LogP contribution in [0.4, 0.5) is 4.39 Å². The van der Waals surface area contributed by atoms with Gasteiger partial charge in [-0.2, -0.15) is 0 Å². The molecule has 0 amide bonds. The van der Waals surface area contributed by atoms with E-state index in [1.807, 2.05) is 30.3 Å². The summed E-state index contributed by atoms with van der Waals surface area (Å²) in [6, 6.07) is 15.5. The summed E-state index contributed by atoms with van der Waals surface area (Å²) in [4.78, 5) is 0. The largest absolute Gasteiger partial charge is 0.492 e. The predicted octanol–water partition coefficient (Wildman–Crippen LogP) is 2.90. The van der Waals surface area contributed by atoms with Gasteiger partial charge in [-0.05, 0) is 17.7 Å². The van der Waals surface area contributed by atoms with Gasteiger partial charge in [0.15, 0.2) is 0 Å². The fourth-order valence-electron chi connectivity index (χ4n) is 1.54. The van der Waals surface area contributed by atoms with E-state index in [9.17, 15) is 4.39 Å². The van der Waals surface area contributed by atoms with Gasteiger partial charge in [-0.3, -0.25) is 0 Å². The van der Waals surface area contributed by atoms with Gasteiger partial charge in [-0.25, -0.2) is 4.39 Å². The Bertz CT molecular complexity index is 473. The van der Waals surface area contributed by atoms with Crippen LogP contribution in [0.5, 0.6) is 5.75 Å². The van der Waals surface area contributed by atoms with Gasteiger partial charge >= 0.3 is 0 Å². The topological polar surface area (TPSA) is 35.2 Å². The van der Waals surface area contributed by atoms with Crippen LogP contribution in [0.3, 0.4) is 0 Å². The lowest BCUT2D eigenvalue weighted by Gasteiger charge is -2.13. The maximum Gasteiger partial charge on any atom is 0.126 e. The number of benzene rings is 2. The van der Waals surface area contributed by atoms with Crippen LogP contribution in [-0.2, 0) is 0 Å². The maximum atomic E-state index is 12.9. The van der Waals surface area contributed by atoms with Crippen molar-refractivity contribution in [2.24, 2.45) is 5.73 Å². The molecule has 0 heterocycles. The van der Waals surface area contributed by atoms with Gasteiger partial charge in [-0.1, -0.05) is 36.4 Å². The molecule has 0 fully saturated rings. The molecule has 2 N–H and O–H groups in total. The Balaban J connectivity index is 1.95. The Kier molecular flexibility index (Phi) is 3.73. The lowest BCUT2D eigenvalue weighted by Crippen LogP contribution is -2.18. The normalized spacial score (nSPS) is 12.1. The molecule has 1 atom stereocenters. The average molecular weight is 231 g/mol. The number of rotatable bonds is 4. The van der Waals surface area contributed by atoms with Crippen LogP contribution in [-0.4, -0.2) is 6.61 Å². The first-order valence-corrected chi connectivity index (χ1v) is 5.44. The van der Waals surface area contributed by atoms with E-state index in [0.29, 0.717) is 12.4 Å². The highest BCUT2D eigenvalue weighted by atomic mass is 19.1. The van der Waals surface area contributed by atoms with Crippen molar-refractivity contribution < 1.29 is 9.13 Å². The molecule has 0 aliphatic carbocycles. The summed E-state index contributed by atoms with van der Waals surface area (Å²) in [6.07, 6.45) is 0. The highest BCUT2D eigenvalue weighted by molar-refractivity contribution is 5.23. The Morgan fingerprint density at radius 2 is 1.82 bits per heavy atom. The summed E-state index contributed by atoms with van der Waals surface area (Å²) in [7, 11) is 0. The Labute approximate surface area is 99.8 Å². The van der Waals surface area contributed by atoms with Crippen molar-refractivity contribution >= 4 is 0 Å². The SMILES string of the molecule is NC(COc1cccc(F)c1)c1ccccc1. The minimum atomic E-state index is -0.309. The maximum absolute atomic E-state index is 12.9. The third kappa shape index (κ3) is 3.29. The third-order valence-electron chi connectivity index (χ3n) is 2.45. The summed E-state index contributed by atoms with van der Waals surface area (Å²) in [5, 5.41) is 0. The summed E-state index contributed by atoms with van der Waals surface area (Å²) < 4.78 is 18.3. The fourth-order valence-corrected chi connectivity index (χ4v) is 1.54. The summed E-state index contributed by atoms with van der Waals surface area (Å²) >= 11 is 0. The monoisotopic (exact) mass is 231 g/mol. The second-order valence-corrected chi connectivity index (χ2v) is 3.79. The quantitative estimate of drug-likeness (QED) is 0.878. The van der Waals surface area contributed by atoms with Gasteiger partial charge in [0.2, 0.25) is 0 Å². The molecule has 3 heteroatoms. The molecule has 17 heavy (non-hydrogen) atoms. The van der Waals surface area contributed by atoms with Crippen LogP contribution < -0.4 is 10.5 Å². The van der Waals surface area contributed by atoms with Crippen LogP contribution >= 0.6 is 0 Å². The van der Waals surface area contributed by atoms with Gasteiger partial charge in [0.05, 0.1) is 6.04 Å². The first-order valence-electron chi connectivity index (χ1n) is 5.44. The molecule has 0 saturated carbocycles. The van der Waals surface area contributed by atoms with Crippen molar-refractivity contribution in [3.8, 4) is 5.75 Å². The molecule has 2 aromatic rings. The van der Waals surface area contributed by atoms with Crippen molar-refractivity contribution in [2.75, 3.05) is 6.61 Å². The standard InChI is InChI=1S/C14H14FNO/c15-12-7-4-8-13(9-12)17-10-14(16)11-5-2-1-3-6-11/h1-9,14H,10,16H2. The minimum absolute atomic E-state index is 0.209. The fraction of sp³-hybridized carbons (Fsp3) is 0.143. The molecule has 0 saturated heterocycles. The van der Waals surface area contributed by atoms with Gasteiger partial charge in [-0.15, -0.1) is 0 Å². The zero-order valence-electron chi connectivity index (χ0n) is 9.34. The first kappa shape index (κ1) is 11.6. The molecule has 0 radical (unpaired) electrons. The molecule has 0 aliphatic heterocycles. The van der Waals surface area contributed by atoms with E-state index in [1.54, 1.807) is 12.1 Å². The van der Waals surface area contributed by atoms with E-state index >= 15 is 0 Å². The van der Waals surface area contributed by atoms with Gasteiger partial charge in [0, 0.05) is 6.07 Å². The number of halogens is 1. The van der Waals surface area contributed by atoms with E-state index in [4.69, 9.17) is 10.5 Å². The van der Waals surface area contributed by atoms with Crippen molar-refractivity contribution in [1.82, 2.24) is 0 Å². The molecule has 0 spiro atoms. The molecule has 0 aliphatic rings. The predicted molar refractivity (Wildman–Crippen MR) is 65.3 cm³/mol. The summed E-state index contributed by atoms with van der Waals surface area (Å²) in [5.41, 5.74) is 6.97. The third-order valence-corrected chi connectivity index (χ3v) is 2.45. The van der Waals surface area contributed by atoms with Crippen molar-refractivity contribution in [1.29, 1.82) is 0 Å². The summed E-state index contributed by atoms with van der Waals surface area (Å²) in [6.45, 7) is 0.327. The zero-order valence-corrected chi connectivity index (χ0v) is 9.34. The highest BCUT2D eigenvalue weighted by Gasteiger charge is 2.06. The Morgan fingerprint density at radius 1 is 1.06 bits per heavy atom. The summed E-state index contributed by atoms with van der Waals surface area (Å²) in [5.74, 6) is 0.187. The van der Waals surface area contributed by atoms with Gasteiger partial charge in [0.1, 0.15) is 18.2 Å². The van der Waals surface area contributed by atoms with Crippen LogP contribution in [0.15, 0.2) is 54.6 Å². The number of hydrogen-bond acceptors (Lipinski definition) is 2. The second-order valence-electron chi connectivity index (χ2n) is 3.79. The molecule has 0 bridgehead atoms. The van der Waals surface area contributed by atoms with Crippen molar-refractivity contribution in [3.05, 3.63) is 66.0 Å². The molecule has 0 aromatic heterocycles. The van der Waals surface area contributed by atoms with Crippen LogP contribution in [0.1, 0.15) is 11.6 Å².